The van der Waals surface area contributed by atoms with Crippen molar-refractivity contribution in [3.63, 3.8) is 0 Å². The van der Waals surface area contributed by atoms with Crippen molar-refractivity contribution in [2.24, 2.45) is 5.92 Å². The third-order valence-corrected chi connectivity index (χ3v) is 3.41. The minimum atomic E-state index is 0.224. The van der Waals surface area contributed by atoms with Gasteiger partial charge in [0.05, 0.1) is 18.3 Å². The van der Waals surface area contributed by atoms with Gasteiger partial charge in [0.25, 0.3) is 0 Å². The predicted octanol–water partition coefficient (Wildman–Crippen LogP) is 0.521. The number of aromatic nitrogens is 3. The van der Waals surface area contributed by atoms with Crippen LogP contribution < -0.4 is 5.32 Å². The first-order valence-corrected chi connectivity index (χ1v) is 6.03. The average Bonchev–Trinajstić information content (AvgIpc) is 3.01. The van der Waals surface area contributed by atoms with Crippen molar-refractivity contribution in [2.45, 2.75) is 31.8 Å². The third kappa shape index (κ3) is 1.85. The molecule has 0 radical (unpaired) electrons. The van der Waals surface area contributed by atoms with E-state index in [9.17, 15) is 0 Å². The molecule has 1 N–H and O–H groups in total. The fourth-order valence-corrected chi connectivity index (χ4v) is 2.33. The molecule has 88 valence electrons. The molecule has 0 saturated heterocycles. The van der Waals surface area contributed by atoms with Gasteiger partial charge in [0.2, 0.25) is 0 Å². The summed E-state index contributed by atoms with van der Waals surface area (Å²) in [5, 5.41) is 12.0. The summed E-state index contributed by atoms with van der Waals surface area (Å²) >= 11 is 0. The van der Waals surface area contributed by atoms with Crippen LogP contribution in [-0.2, 0) is 17.7 Å². The fraction of sp³-hybridized carbons (Fsp3) is 0.818. The van der Waals surface area contributed by atoms with Gasteiger partial charge in [0.1, 0.15) is 5.69 Å². The van der Waals surface area contributed by atoms with Gasteiger partial charge in [-0.3, -0.25) is 0 Å². The molecule has 5 nitrogen and oxygen atoms in total. The van der Waals surface area contributed by atoms with Crippen molar-refractivity contribution in [2.75, 3.05) is 20.3 Å². The van der Waals surface area contributed by atoms with E-state index < -0.39 is 0 Å². The molecule has 1 fully saturated rings. The highest BCUT2D eigenvalue weighted by Crippen LogP contribution is 2.31. The molecule has 0 unspecified atom stereocenters. The molecule has 3 rings (SSSR count). The number of ether oxygens (including phenoxy) is 1. The lowest BCUT2D eigenvalue weighted by Crippen LogP contribution is -2.33. The molecule has 5 heteroatoms. The number of hydrogen-bond donors (Lipinski definition) is 1. The summed E-state index contributed by atoms with van der Waals surface area (Å²) in [4.78, 5) is 0. The summed E-state index contributed by atoms with van der Waals surface area (Å²) in [6, 6.07) is 0.224. The summed E-state index contributed by atoms with van der Waals surface area (Å²) in [7, 11) is 1.73. The lowest BCUT2D eigenvalue weighted by molar-refractivity contribution is 0.162. The summed E-state index contributed by atoms with van der Waals surface area (Å²) in [6.45, 7) is 2.73. The van der Waals surface area contributed by atoms with Crippen molar-refractivity contribution >= 4 is 0 Å². The van der Waals surface area contributed by atoms with Crippen molar-refractivity contribution in [3.05, 3.63) is 11.4 Å². The maximum absolute atomic E-state index is 5.20. The van der Waals surface area contributed by atoms with Crippen LogP contribution in [0.4, 0.5) is 0 Å². The van der Waals surface area contributed by atoms with Crippen LogP contribution in [0.5, 0.6) is 0 Å². The SMILES string of the molecule is COC[C@H]1NCCc2c1nnn2CC1CC1. The molecule has 1 saturated carbocycles. The molecule has 16 heavy (non-hydrogen) atoms. The van der Waals surface area contributed by atoms with E-state index in [-0.39, 0.29) is 6.04 Å². The molecular formula is C11H18N4O. The third-order valence-electron chi connectivity index (χ3n) is 3.41. The number of rotatable bonds is 4. The number of nitrogens with one attached hydrogen (secondary N) is 1. The highest BCUT2D eigenvalue weighted by atomic mass is 16.5. The van der Waals surface area contributed by atoms with Crippen molar-refractivity contribution in [1.29, 1.82) is 0 Å². The molecular weight excluding hydrogens is 204 g/mol. The Bertz CT molecular complexity index is 372. The van der Waals surface area contributed by atoms with E-state index in [1.807, 2.05) is 0 Å². The van der Waals surface area contributed by atoms with Gasteiger partial charge in [0, 0.05) is 26.6 Å². The van der Waals surface area contributed by atoms with Crippen LogP contribution >= 0.6 is 0 Å². The van der Waals surface area contributed by atoms with E-state index >= 15 is 0 Å². The second kappa shape index (κ2) is 4.14. The zero-order valence-corrected chi connectivity index (χ0v) is 9.65. The van der Waals surface area contributed by atoms with Gasteiger partial charge in [0.15, 0.2) is 0 Å². The number of hydrogen-bond acceptors (Lipinski definition) is 4. The Morgan fingerprint density at radius 3 is 3.12 bits per heavy atom. The van der Waals surface area contributed by atoms with E-state index in [0.717, 1.165) is 31.1 Å². The molecule has 1 aromatic rings. The molecule has 0 aromatic carbocycles. The van der Waals surface area contributed by atoms with E-state index in [1.54, 1.807) is 7.11 Å². The normalized spacial score (nSPS) is 24.4. The summed E-state index contributed by atoms with van der Waals surface area (Å²) in [5.41, 5.74) is 2.40. The van der Waals surface area contributed by atoms with Crippen molar-refractivity contribution in [1.82, 2.24) is 20.3 Å². The second-order valence-electron chi connectivity index (χ2n) is 4.76. The number of methoxy groups -OCH3 is 1. The van der Waals surface area contributed by atoms with E-state index in [1.165, 1.54) is 18.5 Å². The highest BCUT2D eigenvalue weighted by Gasteiger charge is 2.28. The Labute approximate surface area is 95.2 Å². The molecule has 2 heterocycles. The van der Waals surface area contributed by atoms with Crippen LogP contribution in [0.3, 0.4) is 0 Å². The standard InChI is InChI=1S/C11H18N4O/c1-16-7-9-11-10(4-5-12-9)15(14-13-11)6-8-2-3-8/h8-9,12H,2-7H2,1H3/t9-/m1/s1. The molecule has 1 atom stereocenters. The van der Waals surface area contributed by atoms with E-state index in [4.69, 9.17) is 4.74 Å². The van der Waals surface area contributed by atoms with E-state index in [2.05, 4.69) is 20.3 Å². The Balaban J connectivity index is 1.82. The van der Waals surface area contributed by atoms with Gasteiger partial charge in [-0.1, -0.05) is 5.21 Å². The lowest BCUT2D eigenvalue weighted by Gasteiger charge is -2.22. The molecule has 0 spiro atoms. The van der Waals surface area contributed by atoms with Gasteiger partial charge >= 0.3 is 0 Å². The number of fused-ring (bicyclic) bond motifs is 1. The van der Waals surface area contributed by atoms with Gasteiger partial charge in [-0.15, -0.1) is 5.10 Å². The fourth-order valence-electron chi connectivity index (χ4n) is 2.33. The van der Waals surface area contributed by atoms with Crippen LogP contribution in [-0.4, -0.2) is 35.3 Å². The minimum Gasteiger partial charge on any atom is -0.383 e. The van der Waals surface area contributed by atoms with Crippen LogP contribution in [0.2, 0.25) is 0 Å². The van der Waals surface area contributed by atoms with Crippen LogP contribution in [0.1, 0.15) is 30.3 Å². The van der Waals surface area contributed by atoms with E-state index in [0.29, 0.717) is 6.61 Å². The summed E-state index contributed by atoms with van der Waals surface area (Å²) < 4.78 is 7.31. The zero-order valence-electron chi connectivity index (χ0n) is 9.65. The molecule has 1 aliphatic carbocycles. The van der Waals surface area contributed by atoms with Crippen LogP contribution in [0.25, 0.3) is 0 Å². The topological polar surface area (TPSA) is 52.0 Å². The first-order valence-electron chi connectivity index (χ1n) is 6.03. The smallest absolute Gasteiger partial charge is 0.105 e. The Morgan fingerprint density at radius 2 is 2.38 bits per heavy atom. The second-order valence-corrected chi connectivity index (χ2v) is 4.76. The number of nitrogens with zero attached hydrogens (tertiary/aromatic N) is 3. The quantitative estimate of drug-likeness (QED) is 0.807. The van der Waals surface area contributed by atoms with Gasteiger partial charge < -0.3 is 10.1 Å². The summed E-state index contributed by atoms with van der Waals surface area (Å²) in [5.74, 6) is 0.849. The Hall–Kier alpha value is -0.940. The van der Waals surface area contributed by atoms with Crippen LogP contribution in [0, 0.1) is 5.92 Å². The molecule has 1 aliphatic heterocycles. The van der Waals surface area contributed by atoms with Crippen LogP contribution in [0.15, 0.2) is 0 Å². The molecule has 1 aromatic heterocycles. The molecule has 0 bridgehead atoms. The monoisotopic (exact) mass is 222 g/mol. The van der Waals surface area contributed by atoms with Crippen molar-refractivity contribution in [3.8, 4) is 0 Å². The maximum atomic E-state index is 5.20. The van der Waals surface area contributed by atoms with Crippen molar-refractivity contribution < 1.29 is 4.74 Å². The predicted molar refractivity (Wildman–Crippen MR) is 59.1 cm³/mol. The average molecular weight is 222 g/mol. The largest absolute Gasteiger partial charge is 0.383 e. The first-order chi connectivity index (χ1) is 7.88. The first kappa shape index (κ1) is 10.2. The van der Waals surface area contributed by atoms with Gasteiger partial charge in [-0.2, -0.15) is 0 Å². The minimum absolute atomic E-state index is 0.224. The summed E-state index contributed by atoms with van der Waals surface area (Å²) in [6.07, 6.45) is 3.75. The Kier molecular flexibility index (Phi) is 2.65. The highest BCUT2D eigenvalue weighted by molar-refractivity contribution is 5.18. The molecule has 0 amide bonds. The lowest BCUT2D eigenvalue weighted by atomic mass is 10.1. The van der Waals surface area contributed by atoms with Gasteiger partial charge in [-0.25, -0.2) is 4.68 Å². The Morgan fingerprint density at radius 1 is 1.50 bits per heavy atom. The van der Waals surface area contributed by atoms with Gasteiger partial charge in [-0.05, 0) is 18.8 Å². The maximum Gasteiger partial charge on any atom is 0.105 e. The zero-order chi connectivity index (χ0) is 11.0. The molecule has 2 aliphatic rings.